The second-order valence-electron chi connectivity index (χ2n) is 17.6. The number of carbonyl (C=O) groups excluding carboxylic acids is 3. The molecular formula is C43H40N3O6. The van der Waals surface area contributed by atoms with Gasteiger partial charge in [-0.25, -0.2) is 15.0 Å². The lowest BCUT2D eigenvalue weighted by atomic mass is 9.61. The van der Waals surface area contributed by atoms with Crippen LogP contribution in [0.1, 0.15) is 149 Å². The quantitative estimate of drug-likeness (QED) is 0.189. The number of aliphatic imine (C=N–C) groups is 3. The lowest BCUT2D eigenvalue weighted by Crippen LogP contribution is -2.35. The van der Waals surface area contributed by atoms with E-state index in [0.29, 0.717) is 104 Å². The van der Waals surface area contributed by atoms with Crippen molar-refractivity contribution < 1.29 is 28.6 Å². The SMILES string of the molecule is CC(C)(C)[C]1COC(c2cc3c4c(c2)C(=O)c2cc(C5=N[C](C(C)(C)C)CO5)cc5c2C4c2c(cc(C4=N[C](C(C)(C)C)CO4)cc2C5=O)C3=O)=N1. The summed E-state index contributed by atoms with van der Waals surface area (Å²) in [6.07, 6.45) is 0. The highest BCUT2D eigenvalue weighted by atomic mass is 16.5. The maximum atomic E-state index is 14.7. The number of nitrogens with zero attached hydrogens (tertiary/aromatic N) is 3. The lowest BCUT2D eigenvalue weighted by Gasteiger charge is -2.39. The number of hydrogen-bond acceptors (Lipinski definition) is 9. The summed E-state index contributed by atoms with van der Waals surface area (Å²) in [7, 11) is 0. The Morgan fingerprint density at radius 1 is 0.442 bits per heavy atom. The van der Waals surface area contributed by atoms with Crippen LogP contribution in [0.5, 0.6) is 0 Å². The van der Waals surface area contributed by atoms with Gasteiger partial charge in [0.1, 0.15) is 37.9 Å². The number of ether oxygens (including phenoxy) is 3. The van der Waals surface area contributed by atoms with Crippen molar-refractivity contribution in [2.24, 2.45) is 31.2 Å². The van der Waals surface area contributed by atoms with E-state index in [1.54, 1.807) is 36.4 Å². The van der Waals surface area contributed by atoms with Crippen LogP contribution in [0.2, 0.25) is 0 Å². The normalized spacial score (nSPS) is 20.0. The summed E-state index contributed by atoms with van der Waals surface area (Å²) in [5.41, 5.74) is 5.26. The van der Waals surface area contributed by atoms with Gasteiger partial charge in [-0.1, -0.05) is 62.3 Å². The van der Waals surface area contributed by atoms with Crippen molar-refractivity contribution in [1.82, 2.24) is 0 Å². The molecule has 9 heteroatoms. The highest BCUT2D eigenvalue weighted by Gasteiger charge is 2.49. The molecule has 0 aromatic heterocycles. The van der Waals surface area contributed by atoms with Crippen LogP contribution in [0, 0.1) is 34.4 Å². The summed E-state index contributed by atoms with van der Waals surface area (Å²) < 4.78 is 18.3. The average Bonchev–Trinajstić information content (AvgIpc) is 3.87. The van der Waals surface area contributed by atoms with Crippen molar-refractivity contribution in [3.05, 3.63) is 121 Å². The molecule has 0 fully saturated rings. The number of ketones is 3. The Balaban J connectivity index is 1.29. The minimum Gasteiger partial charge on any atom is -0.475 e. The average molecular weight is 695 g/mol. The van der Waals surface area contributed by atoms with Crippen LogP contribution >= 0.6 is 0 Å². The molecule has 0 bridgehead atoms. The Labute approximate surface area is 303 Å². The molecule has 6 aliphatic rings. The van der Waals surface area contributed by atoms with Crippen molar-refractivity contribution in [3.8, 4) is 0 Å². The molecule has 9 nitrogen and oxygen atoms in total. The van der Waals surface area contributed by atoms with Gasteiger partial charge in [0.25, 0.3) is 0 Å². The van der Waals surface area contributed by atoms with Gasteiger partial charge in [-0.3, -0.25) is 14.4 Å². The monoisotopic (exact) mass is 694 g/mol. The molecule has 3 radical (unpaired) electrons. The van der Waals surface area contributed by atoms with Crippen LogP contribution in [0.15, 0.2) is 51.4 Å². The molecule has 52 heavy (non-hydrogen) atoms. The smallest absolute Gasteiger partial charge is 0.216 e. The number of carbonyl (C=O) groups is 3. The molecule has 3 aromatic carbocycles. The second kappa shape index (κ2) is 10.6. The molecule has 3 heterocycles. The fourth-order valence-electron chi connectivity index (χ4n) is 7.83. The van der Waals surface area contributed by atoms with Crippen molar-refractivity contribution in [3.63, 3.8) is 0 Å². The molecule has 3 aromatic rings. The van der Waals surface area contributed by atoms with Crippen LogP contribution < -0.4 is 0 Å². The largest absolute Gasteiger partial charge is 0.475 e. The maximum absolute atomic E-state index is 14.7. The first kappa shape index (κ1) is 33.0. The van der Waals surface area contributed by atoms with E-state index < -0.39 is 5.92 Å². The third-order valence-corrected chi connectivity index (χ3v) is 11.0. The molecule has 9 rings (SSSR count). The lowest BCUT2D eigenvalue weighted by molar-refractivity contribution is 0.102. The number of benzene rings is 3. The zero-order chi connectivity index (χ0) is 36.8. The van der Waals surface area contributed by atoms with Gasteiger partial charge in [-0.15, -0.1) is 0 Å². The Hall–Kier alpha value is -4.92. The summed E-state index contributed by atoms with van der Waals surface area (Å²) in [6.45, 7) is 19.7. The minimum atomic E-state index is -0.514. The number of rotatable bonds is 3. The molecule has 0 N–H and O–H groups in total. The van der Waals surface area contributed by atoms with Crippen molar-refractivity contribution >= 4 is 35.0 Å². The van der Waals surface area contributed by atoms with E-state index in [0.717, 1.165) is 18.1 Å². The topological polar surface area (TPSA) is 116 Å². The standard InChI is InChI=1S/C43H40N3O6/c1-41(2,3)28-16-50-38(44-28)19-10-22-31-23(11-19)36(48)25-13-21(40-46-30(18-52-40)43(7,8)9)15-27-33(25)34(31)32-24(35(22)47)12-20(14-26(32)37(27)49)39-45-29(17-51-39)42(4,5)6/h10-15,34H,16-18H2,1-9H3. The van der Waals surface area contributed by atoms with Crippen molar-refractivity contribution in [1.29, 1.82) is 0 Å². The Kier molecular flexibility index (Phi) is 6.70. The van der Waals surface area contributed by atoms with E-state index in [9.17, 15) is 14.4 Å². The molecule has 3 aliphatic heterocycles. The summed E-state index contributed by atoms with van der Waals surface area (Å²) in [4.78, 5) is 58.7. The van der Waals surface area contributed by atoms with Gasteiger partial charge in [0.05, 0.1) is 0 Å². The van der Waals surface area contributed by atoms with E-state index in [1.165, 1.54) is 0 Å². The van der Waals surface area contributed by atoms with Crippen LogP contribution in [0.3, 0.4) is 0 Å². The van der Waals surface area contributed by atoms with E-state index in [1.807, 2.05) is 0 Å². The molecule has 0 spiro atoms. The van der Waals surface area contributed by atoms with Gasteiger partial charge in [-0.2, -0.15) is 0 Å². The fraction of sp³-hybridized carbons (Fsp3) is 0.372. The number of hydrogen-bond donors (Lipinski definition) is 0. The second-order valence-corrected chi connectivity index (χ2v) is 17.6. The van der Waals surface area contributed by atoms with E-state index in [2.05, 4.69) is 62.3 Å². The first-order chi connectivity index (χ1) is 24.4. The summed E-state index contributed by atoms with van der Waals surface area (Å²) in [6, 6.07) is 13.4. The molecule has 0 atom stereocenters. The predicted molar refractivity (Wildman–Crippen MR) is 196 cm³/mol. The zero-order valence-corrected chi connectivity index (χ0v) is 31.0. The summed E-state index contributed by atoms with van der Waals surface area (Å²) in [5.74, 6) is -0.196. The van der Waals surface area contributed by atoms with Gasteiger partial charge < -0.3 is 14.2 Å². The third kappa shape index (κ3) is 4.73. The highest BCUT2D eigenvalue weighted by molar-refractivity contribution is 6.27. The van der Waals surface area contributed by atoms with Crippen LogP contribution in [-0.4, -0.2) is 54.9 Å². The van der Waals surface area contributed by atoms with Crippen LogP contribution in [0.4, 0.5) is 0 Å². The van der Waals surface area contributed by atoms with Gasteiger partial charge >= 0.3 is 0 Å². The van der Waals surface area contributed by atoms with E-state index >= 15 is 0 Å². The van der Waals surface area contributed by atoms with Gasteiger partial charge in [0, 0.05) is 56.0 Å². The van der Waals surface area contributed by atoms with Gasteiger partial charge in [0.2, 0.25) is 17.7 Å². The first-order valence-electron chi connectivity index (χ1n) is 17.8. The Bertz CT molecular complexity index is 1950. The van der Waals surface area contributed by atoms with E-state index in [-0.39, 0.29) is 33.6 Å². The Morgan fingerprint density at radius 2 is 0.673 bits per heavy atom. The third-order valence-electron chi connectivity index (χ3n) is 11.0. The summed E-state index contributed by atoms with van der Waals surface area (Å²) in [5, 5.41) is 0. The van der Waals surface area contributed by atoms with Crippen molar-refractivity contribution in [2.45, 2.75) is 68.2 Å². The molecule has 3 aliphatic carbocycles. The maximum Gasteiger partial charge on any atom is 0.216 e. The van der Waals surface area contributed by atoms with Gasteiger partial charge in [-0.05, 0) is 69.3 Å². The summed E-state index contributed by atoms with van der Waals surface area (Å²) >= 11 is 0. The molecule has 0 amide bonds. The molecular weight excluding hydrogens is 654 g/mol. The first-order valence-corrected chi connectivity index (χ1v) is 17.8. The molecule has 0 saturated heterocycles. The van der Waals surface area contributed by atoms with Gasteiger partial charge in [0.15, 0.2) is 17.3 Å². The Morgan fingerprint density at radius 3 is 0.865 bits per heavy atom. The fourth-order valence-corrected chi connectivity index (χ4v) is 7.83. The van der Waals surface area contributed by atoms with Crippen LogP contribution in [0.25, 0.3) is 0 Å². The molecule has 263 valence electrons. The van der Waals surface area contributed by atoms with E-state index in [4.69, 9.17) is 29.2 Å². The van der Waals surface area contributed by atoms with Crippen molar-refractivity contribution in [2.75, 3.05) is 19.8 Å². The zero-order valence-electron chi connectivity index (χ0n) is 31.0. The predicted octanol–water partition coefficient (Wildman–Crippen LogP) is 7.56. The molecule has 0 unspecified atom stereocenters. The molecule has 0 saturated carbocycles. The minimum absolute atomic E-state index is 0.216. The highest BCUT2D eigenvalue weighted by Crippen LogP contribution is 2.54. The van der Waals surface area contributed by atoms with Crippen LogP contribution in [-0.2, 0) is 14.2 Å².